The number of hydrogen-bond donors (Lipinski definition) is 2. The Kier molecular flexibility index (Phi) is 4.76. The number of aromatic amines is 1. The Morgan fingerprint density at radius 3 is 2.92 bits per heavy atom. The number of aryl methyl sites for hydroxylation is 3. The minimum absolute atomic E-state index is 0.0675. The fourth-order valence-electron chi connectivity index (χ4n) is 2.80. The van der Waals surface area contributed by atoms with E-state index in [4.69, 9.17) is 0 Å². The highest BCUT2D eigenvalue weighted by atomic mass is 32.2. The molecule has 3 rings (SSSR count). The highest BCUT2D eigenvalue weighted by molar-refractivity contribution is 8.00. The summed E-state index contributed by atoms with van der Waals surface area (Å²) >= 11 is 1.28. The number of anilines is 1. The van der Waals surface area contributed by atoms with Gasteiger partial charge in [0.15, 0.2) is 5.16 Å². The molecule has 0 bridgehead atoms. The van der Waals surface area contributed by atoms with Gasteiger partial charge in [0.25, 0.3) is 5.56 Å². The van der Waals surface area contributed by atoms with Crippen LogP contribution >= 0.6 is 11.8 Å². The van der Waals surface area contributed by atoms with Crippen molar-refractivity contribution in [2.45, 2.75) is 50.4 Å². The lowest BCUT2D eigenvalue weighted by Crippen LogP contribution is -2.24. The molecular formula is C18H21N3O2S. The van der Waals surface area contributed by atoms with E-state index in [-0.39, 0.29) is 16.7 Å². The first-order valence-electron chi connectivity index (χ1n) is 8.11. The van der Waals surface area contributed by atoms with Crippen LogP contribution in [-0.2, 0) is 17.6 Å². The second kappa shape index (κ2) is 6.81. The lowest BCUT2D eigenvalue weighted by atomic mass is 10.1. The number of aromatic nitrogens is 2. The molecule has 24 heavy (non-hydrogen) atoms. The van der Waals surface area contributed by atoms with E-state index in [0.717, 1.165) is 47.3 Å². The number of benzene rings is 1. The topological polar surface area (TPSA) is 74.8 Å². The molecular weight excluding hydrogens is 322 g/mol. The van der Waals surface area contributed by atoms with E-state index < -0.39 is 0 Å². The van der Waals surface area contributed by atoms with Gasteiger partial charge < -0.3 is 10.3 Å². The van der Waals surface area contributed by atoms with Crippen LogP contribution in [0.4, 0.5) is 5.69 Å². The maximum Gasteiger partial charge on any atom is 0.254 e. The van der Waals surface area contributed by atoms with E-state index in [1.54, 1.807) is 0 Å². The minimum atomic E-state index is -0.354. The van der Waals surface area contributed by atoms with Crippen LogP contribution in [-0.4, -0.2) is 21.1 Å². The number of nitrogens with one attached hydrogen (secondary N) is 2. The van der Waals surface area contributed by atoms with Gasteiger partial charge in [0, 0.05) is 11.3 Å². The number of nitrogens with zero attached hydrogens (tertiary/aromatic N) is 1. The molecule has 1 aliphatic carbocycles. The van der Waals surface area contributed by atoms with E-state index >= 15 is 0 Å². The molecule has 0 saturated heterocycles. The Hall–Kier alpha value is -2.08. The van der Waals surface area contributed by atoms with E-state index in [9.17, 15) is 9.59 Å². The summed E-state index contributed by atoms with van der Waals surface area (Å²) in [5.41, 5.74) is 4.55. The molecule has 1 heterocycles. The van der Waals surface area contributed by atoms with Crippen LogP contribution in [0.5, 0.6) is 0 Å². The van der Waals surface area contributed by atoms with Gasteiger partial charge in [-0.25, -0.2) is 4.98 Å². The SMILES string of the molecule is Cc1ccc(C)c(NC(=O)[C@H](C)Sc2nc3c(c(=O)[nH]2)CCC3)c1. The van der Waals surface area contributed by atoms with Gasteiger partial charge in [0.1, 0.15) is 0 Å². The second-order valence-corrected chi connectivity index (χ2v) is 7.55. The molecule has 6 heteroatoms. The maximum atomic E-state index is 12.4. The fraction of sp³-hybridized carbons (Fsp3) is 0.389. The smallest absolute Gasteiger partial charge is 0.254 e. The first-order chi connectivity index (χ1) is 11.4. The van der Waals surface area contributed by atoms with E-state index in [2.05, 4.69) is 15.3 Å². The normalized spacial score (nSPS) is 14.3. The van der Waals surface area contributed by atoms with Crippen LogP contribution in [0, 0.1) is 13.8 Å². The molecule has 1 aromatic heterocycles. The zero-order chi connectivity index (χ0) is 17.3. The maximum absolute atomic E-state index is 12.4. The lowest BCUT2D eigenvalue weighted by molar-refractivity contribution is -0.115. The standard InChI is InChI=1S/C18H21N3O2S/c1-10-7-8-11(2)15(9-10)19-16(22)12(3)24-18-20-14-6-4-5-13(14)17(23)21-18/h7-9,12H,4-6H2,1-3H3,(H,19,22)(H,20,21,23)/t12-/m0/s1. The van der Waals surface area contributed by atoms with E-state index in [1.807, 2.05) is 39.0 Å². The second-order valence-electron chi connectivity index (χ2n) is 6.22. The van der Waals surface area contributed by atoms with Crippen LogP contribution in [0.15, 0.2) is 28.2 Å². The number of carbonyl (C=O) groups excluding carboxylic acids is 1. The molecule has 2 aromatic rings. The molecule has 126 valence electrons. The van der Waals surface area contributed by atoms with Gasteiger partial charge >= 0.3 is 0 Å². The van der Waals surface area contributed by atoms with Gasteiger partial charge in [-0.05, 0) is 57.2 Å². The summed E-state index contributed by atoms with van der Waals surface area (Å²) in [7, 11) is 0. The largest absolute Gasteiger partial charge is 0.325 e. The first-order valence-corrected chi connectivity index (χ1v) is 8.99. The quantitative estimate of drug-likeness (QED) is 0.661. The summed E-state index contributed by atoms with van der Waals surface area (Å²) in [5, 5.41) is 3.12. The molecule has 5 nitrogen and oxygen atoms in total. The van der Waals surface area contributed by atoms with Gasteiger partial charge in [-0.2, -0.15) is 0 Å². The van der Waals surface area contributed by atoms with Gasteiger partial charge in [0.2, 0.25) is 5.91 Å². The predicted molar refractivity (Wildman–Crippen MR) is 96.7 cm³/mol. The van der Waals surface area contributed by atoms with Crippen LogP contribution in [0.1, 0.15) is 35.7 Å². The molecule has 1 atom stereocenters. The van der Waals surface area contributed by atoms with Gasteiger partial charge in [0.05, 0.1) is 10.9 Å². The van der Waals surface area contributed by atoms with Gasteiger partial charge in [-0.15, -0.1) is 0 Å². The summed E-state index contributed by atoms with van der Waals surface area (Å²) in [6.45, 7) is 5.78. The molecule has 1 aliphatic rings. The van der Waals surface area contributed by atoms with Gasteiger partial charge in [-0.3, -0.25) is 9.59 Å². The number of H-pyrrole nitrogens is 1. The summed E-state index contributed by atoms with van der Waals surface area (Å²) in [4.78, 5) is 31.8. The lowest BCUT2D eigenvalue weighted by Gasteiger charge is -2.14. The highest BCUT2D eigenvalue weighted by Crippen LogP contribution is 2.24. The zero-order valence-electron chi connectivity index (χ0n) is 14.1. The Morgan fingerprint density at radius 1 is 1.33 bits per heavy atom. The number of fused-ring (bicyclic) bond motifs is 1. The Balaban J connectivity index is 1.72. The third-order valence-corrected chi connectivity index (χ3v) is 5.21. The number of carbonyl (C=O) groups is 1. The molecule has 0 fully saturated rings. The number of thioether (sulfide) groups is 1. The van der Waals surface area contributed by atoms with Crippen LogP contribution in [0.2, 0.25) is 0 Å². The van der Waals surface area contributed by atoms with E-state index in [0.29, 0.717) is 5.16 Å². The average molecular weight is 343 g/mol. The first kappa shape index (κ1) is 16.8. The Bertz CT molecular complexity index is 845. The van der Waals surface area contributed by atoms with Crippen LogP contribution in [0.3, 0.4) is 0 Å². The van der Waals surface area contributed by atoms with Crippen molar-refractivity contribution < 1.29 is 4.79 Å². The third kappa shape index (κ3) is 3.53. The highest BCUT2D eigenvalue weighted by Gasteiger charge is 2.21. The van der Waals surface area contributed by atoms with Crippen molar-refractivity contribution >= 4 is 23.4 Å². The minimum Gasteiger partial charge on any atom is -0.325 e. The van der Waals surface area contributed by atoms with Crippen LogP contribution < -0.4 is 10.9 Å². The van der Waals surface area contributed by atoms with Crippen molar-refractivity contribution in [2.24, 2.45) is 0 Å². The fourth-order valence-corrected chi connectivity index (χ4v) is 3.62. The van der Waals surface area contributed by atoms with Crippen molar-refractivity contribution in [1.82, 2.24) is 9.97 Å². The average Bonchev–Trinajstić information content (AvgIpc) is 2.99. The number of hydrogen-bond acceptors (Lipinski definition) is 4. The van der Waals surface area contributed by atoms with Crippen LogP contribution in [0.25, 0.3) is 0 Å². The van der Waals surface area contributed by atoms with Crippen molar-refractivity contribution in [1.29, 1.82) is 0 Å². The van der Waals surface area contributed by atoms with Crippen molar-refractivity contribution in [3.8, 4) is 0 Å². The van der Waals surface area contributed by atoms with Gasteiger partial charge in [-0.1, -0.05) is 23.9 Å². The summed E-state index contributed by atoms with van der Waals surface area (Å²) in [5.74, 6) is -0.100. The molecule has 0 spiro atoms. The monoisotopic (exact) mass is 343 g/mol. The van der Waals surface area contributed by atoms with Crippen molar-refractivity contribution in [3.63, 3.8) is 0 Å². The molecule has 0 radical (unpaired) electrons. The molecule has 0 saturated carbocycles. The Labute approximate surface area is 145 Å². The van der Waals surface area contributed by atoms with E-state index in [1.165, 1.54) is 11.8 Å². The summed E-state index contributed by atoms with van der Waals surface area (Å²) in [6, 6.07) is 5.96. The number of rotatable bonds is 4. The predicted octanol–water partition coefficient (Wildman–Crippen LogP) is 2.99. The van der Waals surface area contributed by atoms with Crippen molar-refractivity contribution in [2.75, 3.05) is 5.32 Å². The summed E-state index contributed by atoms with van der Waals surface area (Å²) < 4.78 is 0. The Morgan fingerprint density at radius 2 is 2.12 bits per heavy atom. The third-order valence-electron chi connectivity index (χ3n) is 4.23. The summed E-state index contributed by atoms with van der Waals surface area (Å²) in [6.07, 6.45) is 2.61. The molecule has 1 aromatic carbocycles. The number of amides is 1. The molecule has 0 unspecified atom stereocenters. The molecule has 0 aliphatic heterocycles. The molecule has 2 N–H and O–H groups in total. The zero-order valence-corrected chi connectivity index (χ0v) is 14.9. The van der Waals surface area contributed by atoms with Crippen molar-refractivity contribution in [3.05, 3.63) is 50.9 Å². The molecule has 1 amide bonds.